The highest BCUT2D eigenvalue weighted by atomic mass is 35.5. The Hall–Kier alpha value is -0.810. The molecule has 1 N–H and O–H groups in total. The van der Waals surface area contributed by atoms with Crippen LogP contribution in [0.4, 0.5) is 0 Å². The van der Waals surface area contributed by atoms with E-state index in [9.17, 15) is 4.79 Å². The van der Waals surface area contributed by atoms with Crippen molar-refractivity contribution in [2.75, 3.05) is 40.3 Å². The molecule has 24 heavy (non-hydrogen) atoms. The second-order valence-electron chi connectivity index (χ2n) is 6.24. The molecule has 0 radical (unpaired) electrons. The third-order valence-corrected chi connectivity index (χ3v) is 4.61. The van der Waals surface area contributed by atoms with Gasteiger partial charge in [-0.2, -0.15) is 0 Å². The monoisotopic (exact) mass is 375 g/mol. The van der Waals surface area contributed by atoms with Crippen LogP contribution in [0.5, 0.6) is 0 Å². The molecule has 1 amide bonds. The molecular formula is C18H31Cl2N3O. The summed E-state index contributed by atoms with van der Waals surface area (Å²) >= 11 is 0. The van der Waals surface area contributed by atoms with E-state index < -0.39 is 0 Å². The van der Waals surface area contributed by atoms with Crippen molar-refractivity contribution in [1.29, 1.82) is 0 Å². The van der Waals surface area contributed by atoms with E-state index in [2.05, 4.69) is 34.2 Å². The molecule has 0 saturated carbocycles. The SMILES string of the molecule is CCN(C)C(C(=O)N1CCCC(CNC)C1)c1ccccc1.Cl.Cl. The van der Waals surface area contributed by atoms with Crippen LogP contribution in [0.2, 0.25) is 0 Å². The Morgan fingerprint density at radius 1 is 1.33 bits per heavy atom. The number of halogens is 2. The van der Waals surface area contributed by atoms with E-state index in [-0.39, 0.29) is 36.8 Å². The number of hydrogen-bond donors (Lipinski definition) is 1. The van der Waals surface area contributed by atoms with Crippen LogP contribution in [0.3, 0.4) is 0 Å². The summed E-state index contributed by atoms with van der Waals surface area (Å²) < 4.78 is 0. The summed E-state index contributed by atoms with van der Waals surface area (Å²) in [5.74, 6) is 0.822. The van der Waals surface area contributed by atoms with Gasteiger partial charge in [0.05, 0.1) is 0 Å². The highest BCUT2D eigenvalue weighted by Gasteiger charge is 2.31. The van der Waals surface area contributed by atoms with E-state index in [0.29, 0.717) is 5.92 Å². The lowest BCUT2D eigenvalue weighted by atomic mass is 9.96. The van der Waals surface area contributed by atoms with Crippen molar-refractivity contribution in [3.63, 3.8) is 0 Å². The number of piperidine rings is 1. The predicted molar refractivity (Wildman–Crippen MR) is 105 cm³/mol. The Kier molecular flexibility index (Phi) is 11.3. The molecule has 1 fully saturated rings. The molecule has 6 heteroatoms. The maximum absolute atomic E-state index is 13.1. The smallest absolute Gasteiger partial charge is 0.244 e. The minimum absolute atomic E-state index is 0. The minimum atomic E-state index is -0.167. The number of nitrogens with one attached hydrogen (secondary N) is 1. The zero-order chi connectivity index (χ0) is 15.9. The summed E-state index contributed by atoms with van der Waals surface area (Å²) in [5.41, 5.74) is 1.09. The van der Waals surface area contributed by atoms with Crippen molar-refractivity contribution in [2.45, 2.75) is 25.8 Å². The Labute approximate surface area is 158 Å². The zero-order valence-electron chi connectivity index (χ0n) is 14.9. The first-order valence-corrected chi connectivity index (χ1v) is 8.36. The molecule has 0 aromatic heterocycles. The van der Waals surface area contributed by atoms with Crippen LogP contribution in [0, 0.1) is 5.92 Å². The van der Waals surface area contributed by atoms with Gasteiger partial charge in [0.1, 0.15) is 6.04 Å². The fourth-order valence-corrected chi connectivity index (χ4v) is 3.30. The van der Waals surface area contributed by atoms with Gasteiger partial charge in [-0.05, 0) is 51.5 Å². The molecule has 1 aromatic rings. The average molecular weight is 376 g/mol. The van der Waals surface area contributed by atoms with E-state index >= 15 is 0 Å². The van der Waals surface area contributed by atoms with Gasteiger partial charge in [0.25, 0.3) is 0 Å². The highest BCUT2D eigenvalue weighted by Crippen LogP contribution is 2.25. The molecule has 1 saturated heterocycles. The van der Waals surface area contributed by atoms with Crippen LogP contribution in [-0.2, 0) is 4.79 Å². The van der Waals surface area contributed by atoms with Crippen molar-refractivity contribution >= 4 is 30.7 Å². The summed E-state index contributed by atoms with van der Waals surface area (Å²) in [6.45, 7) is 5.71. The predicted octanol–water partition coefficient (Wildman–Crippen LogP) is 2.98. The van der Waals surface area contributed by atoms with Gasteiger partial charge in [-0.15, -0.1) is 24.8 Å². The quantitative estimate of drug-likeness (QED) is 0.829. The first-order chi connectivity index (χ1) is 10.7. The third-order valence-electron chi connectivity index (χ3n) is 4.61. The van der Waals surface area contributed by atoms with Gasteiger partial charge in [-0.1, -0.05) is 37.3 Å². The number of benzene rings is 1. The van der Waals surface area contributed by atoms with E-state index in [4.69, 9.17) is 0 Å². The second kappa shape index (κ2) is 11.7. The normalized spacial score (nSPS) is 18.5. The molecule has 1 aromatic carbocycles. The molecule has 1 heterocycles. The minimum Gasteiger partial charge on any atom is -0.341 e. The number of likely N-dealkylation sites (N-methyl/N-ethyl adjacent to an activating group) is 1. The molecule has 138 valence electrons. The number of rotatable bonds is 6. The maximum atomic E-state index is 13.1. The molecule has 2 rings (SSSR count). The van der Waals surface area contributed by atoms with Crippen molar-refractivity contribution < 1.29 is 4.79 Å². The summed E-state index contributed by atoms with van der Waals surface area (Å²) in [6.07, 6.45) is 2.32. The summed E-state index contributed by atoms with van der Waals surface area (Å²) in [5, 5.41) is 3.24. The van der Waals surface area contributed by atoms with Crippen molar-refractivity contribution in [3.05, 3.63) is 35.9 Å². The van der Waals surface area contributed by atoms with Gasteiger partial charge < -0.3 is 10.2 Å². The van der Waals surface area contributed by atoms with Crippen molar-refractivity contribution in [1.82, 2.24) is 15.1 Å². The number of carbonyl (C=O) groups excluding carboxylic acids is 1. The number of carbonyl (C=O) groups is 1. The lowest BCUT2D eigenvalue weighted by Crippen LogP contribution is -2.47. The lowest BCUT2D eigenvalue weighted by molar-refractivity contribution is -0.138. The number of amides is 1. The fourth-order valence-electron chi connectivity index (χ4n) is 3.30. The van der Waals surface area contributed by atoms with Gasteiger partial charge in [-0.25, -0.2) is 0 Å². The number of nitrogens with zero attached hydrogens (tertiary/aromatic N) is 2. The van der Waals surface area contributed by atoms with Crippen molar-refractivity contribution in [2.24, 2.45) is 5.92 Å². The average Bonchev–Trinajstić information content (AvgIpc) is 2.56. The van der Waals surface area contributed by atoms with Gasteiger partial charge >= 0.3 is 0 Å². The molecule has 2 unspecified atom stereocenters. The Bertz CT molecular complexity index is 471. The standard InChI is InChI=1S/C18H29N3O.2ClH/c1-4-20(3)17(16-10-6-5-7-11-16)18(22)21-12-8-9-15(14-21)13-19-2;;/h5-7,10-11,15,17,19H,4,8-9,12-14H2,1-3H3;2*1H. The molecule has 1 aliphatic rings. The molecule has 0 bridgehead atoms. The first-order valence-electron chi connectivity index (χ1n) is 8.36. The van der Waals surface area contributed by atoms with E-state index in [1.807, 2.05) is 32.3 Å². The first kappa shape index (κ1) is 23.2. The maximum Gasteiger partial charge on any atom is 0.244 e. The topological polar surface area (TPSA) is 35.6 Å². The van der Waals surface area contributed by atoms with Gasteiger partial charge in [0.2, 0.25) is 5.91 Å². The molecule has 1 aliphatic heterocycles. The summed E-state index contributed by atoms with van der Waals surface area (Å²) in [7, 11) is 4.02. The van der Waals surface area contributed by atoms with Gasteiger partial charge in [0.15, 0.2) is 0 Å². The second-order valence-corrected chi connectivity index (χ2v) is 6.24. The molecule has 2 atom stereocenters. The van der Waals surface area contributed by atoms with Gasteiger partial charge in [0, 0.05) is 13.1 Å². The van der Waals surface area contributed by atoms with E-state index in [1.54, 1.807) is 0 Å². The largest absolute Gasteiger partial charge is 0.341 e. The zero-order valence-corrected chi connectivity index (χ0v) is 16.5. The third kappa shape index (κ3) is 5.92. The van der Waals surface area contributed by atoms with Crippen LogP contribution in [0.15, 0.2) is 30.3 Å². The van der Waals surface area contributed by atoms with E-state index in [0.717, 1.165) is 38.2 Å². The number of hydrogen-bond acceptors (Lipinski definition) is 3. The van der Waals surface area contributed by atoms with Crippen LogP contribution >= 0.6 is 24.8 Å². The Balaban J connectivity index is 0.00000264. The van der Waals surface area contributed by atoms with Gasteiger partial charge in [-0.3, -0.25) is 9.69 Å². The van der Waals surface area contributed by atoms with Crippen LogP contribution in [-0.4, -0.2) is 56.0 Å². The Morgan fingerprint density at radius 3 is 2.58 bits per heavy atom. The fraction of sp³-hybridized carbons (Fsp3) is 0.611. The number of likely N-dealkylation sites (tertiary alicyclic amines) is 1. The van der Waals surface area contributed by atoms with Crippen LogP contribution in [0.25, 0.3) is 0 Å². The van der Waals surface area contributed by atoms with Crippen molar-refractivity contribution in [3.8, 4) is 0 Å². The molecule has 4 nitrogen and oxygen atoms in total. The highest BCUT2D eigenvalue weighted by molar-refractivity contribution is 5.85. The lowest BCUT2D eigenvalue weighted by Gasteiger charge is -2.37. The summed E-state index contributed by atoms with van der Waals surface area (Å²) in [4.78, 5) is 17.3. The van der Waals surface area contributed by atoms with E-state index in [1.165, 1.54) is 6.42 Å². The van der Waals surface area contributed by atoms with Crippen LogP contribution < -0.4 is 5.32 Å². The van der Waals surface area contributed by atoms with Crippen LogP contribution in [0.1, 0.15) is 31.4 Å². The molecular weight excluding hydrogens is 345 g/mol. The Morgan fingerprint density at radius 2 is 2.00 bits per heavy atom. The molecule has 0 aliphatic carbocycles. The summed E-state index contributed by atoms with van der Waals surface area (Å²) in [6, 6.07) is 9.98. The molecule has 0 spiro atoms.